The van der Waals surface area contributed by atoms with E-state index < -0.39 is 0 Å². The minimum absolute atomic E-state index is 0.530. The van der Waals surface area contributed by atoms with E-state index in [4.69, 9.17) is 5.73 Å². The number of nitrogen functional groups attached to an aromatic ring is 1. The Morgan fingerprint density at radius 3 is 2.88 bits per heavy atom. The summed E-state index contributed by atoms with van der Waals surface area (Å²) in [5.74, 6) is 1.38. The van der Waals surface area contributed by atoms with Gasteiger partial charge in [0.15, 0.2) is 0 Å². The second kappa shape index (κ2) is 3.76. The van der Waals surface area contributed by atoms with Gasteiger partial charge in [0.05, 0.1) is 11.0 Å². The minimum Gasteiger partial charge on any atom is -0.369 e. The number of rotatable bonds is 1. The molecular weight excluding hydrogens is 210 g/mol. The van der Waals surface area contributed by atoms with Gasteiger partial charge in [-0.15, -0.1) is 0 Å². The topological polar surface area (TPSA) is 43.8 Å². The summed E-state index contributed by atoms with van der Waals surface area (Å²) >= 11 is 0. The molecule has 2 N–H and O–H groups in total. The van der Waals surface area contributed by atoms with Crippen LogP contribution in [-0.4, -0.2) is 9.55 Å². The number of aromatic nitrogens is 2. The molecule has 1 fully saturated rings. The number of fused-ring (bicyclic) bond motifs is 1. The summed E-state index contributed by atoms with van der Waals surface area (Å²) in [4.78, 5) is 4.49. The van der Waals surface area contributed by atoms with Crippen LogP contribution in [-0.2, 0) is 0 Å². The molecule has 1 aliphatic rings. The zero-order valence-electron chi connectivity index (χ0n) is 10.5. The lowest BCUT2D eigenvalue weighted by molar-refractivity contribution is 0.421. The van der Waals surface area contributed by atoms with E-state index in [1.165, 1.54) is 30.3 Å². The molecule has 0 aliphatic heterocycles. The van der Waals surface area contributed by atoms with E-state index in [0.29, 0.717) is 17.9 Å². The molecular formula is C14H19N3. The first kappa shape index (κ1) is 10.6. The first-order chi connectivity index (χ1) is 8.16. The molecule has 0 radical (unpaired) electrons. The SMILES string of the molecule is Cc1ccc2c(c1)nc(N)n2C1CCCC1C. The molecule has 90 valence electrons. The smallest absolute Gasteiger partial charge is 0.201 e. The fourth-order valence-corrected chi connectivity index (χ4v) is 3.09. The van der Waals surface area contributed by atoms with Crippen LogP contribution in [0.5, 0.6) is 0 Å². The number of nitrogens with zero attached hydrogens (tertiary/aromatic N) is 2. The van der Waals surface area contributed by atoms with Crippen LogP contribution in [0, 0.1) is 12.8 Å². The van der Waals surface area contributed by atoms with Crippen molar-refractivity contribution in [2.75, 3.05) is 5.73 Å². The van der Waals surface area contributed by atoms with Gasteiger partial charge in [0.2, 0.25) is 5.95 Å². The van der Waals surface area contributed by atoms with E-state index in [9.17, 15) is 0 Å². The number of aryl methyl sites for hydroxylation is 1. The Balaban J connectivity index is 2.18. The number of hydrogen-bond donors (Lipinski definition) is 1. The highest BCUT2D eigenvalue weighted by Gasteiger charge is 2.27. The van der Waals surface area contributed by atoms with E-state index in [0.717, 1.165) is 5.52 Å². The predicted molar refractivity (Wildman–Crippen MR) is 70.9 cm³/mol. The van der Waals surface area contributed by atoms with Gasteiger partial charge in [-0.3, -0.25) is 0 Å². The monoisotopic (exact) mass is 229 g/mol. The van der Waals surface area contributed by atoms with Crippen LogP contribution < -0.4 is 5.73 Å². The molecule has 0 bridgehead atoms. The van der Waals surface area contributed by atoms with E-state index in [2.05, 4.69) is 41.6 Å². The number of anilines is 1. The van der Waals surface area contributed by atoms with Crippen molar-refractivity contribution in [3.63, 3.8) is 0 Å². The Morgan fingerprint density at radius 2 is 2.18 bits per heavy atom. The van der Waals surface area contributed by atoms with Crippen molar-refractivity contribution in [3.05, 3.63) is 23.8 Å². The number of hydrogen-bond acceptors (Lipinski definition) is 2. The molecule has 0 amide bonds. The second-order valence-electron chi connectivity index (χ2n) is 5.31. The Labute approximate surface area is 102 Å². The summed E-state index contributed by atoms with van der Waals surface area (Å²) < 4.78 is 2.24. The molecule has 3 nitrogen and oxygen atoms in total. The molecule has 1 aromatic heterocycles. The standard InChI is InChI=1S/C14H19N3/c1-9-6-7-13-11(8-9)16-14(15)17(13)12-5-3-4-10(12)2/h6-8,10,12H,3-5H2,1-2H3,(H2,15,16). The zero-order chi connectivity index (χ0) is 12.0. The van der Waals surface area contributed by atoms with Crippen LogP contribution in [0.15, 0.2) is 18.2 Å². The Bertz CT molecular complexity index is 556. The van der Waals surface area contributed by atoms with Gasteiger partial charge in [0, 0.05) is 6.04 Å². The quantitative estimate of drug-likeness (QED) is 0.815. The van der Waals surface area contributed by atoms with Crippen LogP contribution in [0.3, 0.4) is 0 Å². The second-order valence-corrected chi connectivity index (χ2v) is 5.31. The van der Waals surface area contributed by atoms with Crippen molar-refractivity contribution in [1.82, 2.24) is 9.55 Å². The highest BCUT2D eigenvalue weighted by molar-refractivity contribution is 5.79. The summed E-state index contributed by atoms with van der Waals surface area (Å²) in [6.07, 6.45) is 3.83. The largest absolute Gasteiger partial charge is 0.369 e. The van der Waals surface area contributed by atoms with E-state index >= 15 is 0 Å². The van der Waals surface area contributed by atoms with Crippen LogP contribution in [0.1, 0.15) is 37.8 Å². The highest BCUT2D eigenvalue weighted by Crippen LogP contribution is 2.38. The summed E-state index contributed by atoms with van der Waals surface area (Å²) in [7, 11) is 0. The molecule has 17 heavy (non-hydrogen) atoms. The predicted octanol–water partition coefficient (Wildman–Crippen LogP) is 3.29. The third-order valence-corrected chi connectivity index (χ3v) is 4.02. The molecule has 3 rings (SSSR count). The molecule has 2 atom stereocenters. The Morgan fingerprint density at radius 1 is 1.35 bits per heavy atom. The lowest BCUT2D eigenvalue weighted by Crippen LogP contribution is -2.14. The minimum atomic E-state index is 0.530. The third-order valence-electron chi connectivity index (χ3n) is 4.02. The average molecular weight is 229 g/mol. The van der Waals surface area contributed by atoms with Crippen molar-refractivity contribution in [2.24, 2.45) is 5.92 Å². The number of benzene rings is 1. The van der Waals surface area contributed by atoms with Crippen molar-refractivity contribution in [3.8, 4) is 0 Å². The zero-order valence-corrected chi connectivity index (χ0v) is 10.5. The summed E-state index contributed by atoms with van der Waals surface area (Å²) in [6, 6.07) is 6.93. The van der Waals surface area contributed by atoms with Gasteiger partial charge in [0.25, 0.3) is 0 Å². The maximum Gasteiger partial charge on any atom is 0.201 e. The molecule has 2 aromatic rings. The Kier molecular flexibility index (Phi) is 2.35. The first-order valence-corrected chi connectivity index (χ1v) is 6.41. The first-order valence-electron chi connectivity index (χ1n) is 6.41. The van der Waals surface area contributed by atoms with E-state index in [1.54, 1.807) is 0 Å². The molecule has 1 saturated carbocycles. The van der Waals surface area contributed by atoms with Gasteiger partial charge < -0.3 is 10.3 Å². The molecule has 0 spiro atoms. The highest BCUT2D eigenvalue weighted by atomic mass is 15.2. The molecule has 3 heteroatoms. The van der Waals surface area contributed by atoms with Crippen LogP contribution >= 0.6 is 0 Å². The lowest BCUT2D eigenvalue weighted by Gasteiger charge is -2.19. The van der Waals surface area contributed by atoms with Gasteiger partial charge in [-0.25, -0.2) is 4.98 Å². The maximum atomic E-state index is 6.10. The van der Waals surface area contributed by atoms with E-state index in [-0.39, 0.29) is 0 Å². The van der Waals surface area contributed by atoms with Crippen LogP contribution in [0.2, 0.25) is 0 Å². The molecule has 1 aromatic carbocycles. The fraction of sp³-hybridized carbons (Fsp3) is 0.500. The van der Waals surface area contributed by atoms with Gasteiger partial charge in [-0.2, -0.15) is 0 Å². The fourth-order valence-electron chi connectivity index (χ4n) is 3.09. The molecule has 0 saturated heterocycles. The molecule has 1 aliphatic carbocycles. The molecule has 2 unspecified atom stereocenters. The van der Waals surface area contributed by atoms with Gasteiger partial charge >= 0.3 is 0 Å². The molecule has 1 heterocycles. The lowest BCUT2D eigenvalue weighted by atomic mass is 10.1. The van der Waals surface area contributed by atoms with Crippen molar-refractivity contribution >= 4 is 17.0 Å². The number of imidazole rings is 1. The van der Waals surface area contributed by atoms with Crippen molar-refractivity contribution in [1.29, 1.82) is 0 Å². The Hall–Kier alpha value is -1.51. The van der Waals surface area contributed by atoms with Crippen LogP contribution in [0.25, 0.3) is 11.0 Å². The summed E-state index contributed by atoms with van der Waals surface area (Å²) in [5.41, 5.74) is 9.55. The van der Waals surface area contributed by atoms with Gasteiger partial charge in [-0.1, -0.05) is 19.4 Å². The third kappa shape index (κ3) is 1.61. The van der Waals surface area contributed by atoms with Gasteiger partial charge in [0.1, 0.15) is 0 Å². The van der Waals surface area contributed by atoms with Crippen molar-refractivity contribution in [2.45, 2.75) is 39.2 Å². The maximum absolute atomic E-state index is 6.10. The van der Waals surface area contributed by atoms with Crippen molar-refractivity contribution < 1.29 is 0 Å². The average Bonchev–Trinajstić information content (AvgIpc) is 2.80. The normalized spacial score (nSPS) is 24.6. The number of nitrogens with two attached hydrogens (primary N) is 1. The van der Waals surface area contributed by atoms with Crippen LogP contribution in [0.4, 0.5) is 5.95 Å². The van der Waals surface area contributed by atoms with Gasteiger partial charge in [-0.05, 0) is 43.4 Å². The summed E-state index contributed by atoms with van der Waals surface area (Å²) in [5, 5.41) is 0. The van der Waals surface area contributed by atoms with E-state index in [1.807, 2.05) is 0 Å². The summed E-state index contributed by atoms with van der Waals surface area (Å²) in [6.45, 7) is 4.41.